The summed E-state index contributed by atoms with van der Waals surface area (Å²) in [5.74, 6) is 1.65. The highest BCUT2D eigenvalue weighted by Crippen LogP contribution is 2.41. The monoisotopic (exact) mass is 460 g/mol. The number of nitrogens with zero attached hydrogens (tertiary/aromatic N) is 3. The van der Waals surface area contributed by atoms with Crippen molar-refractivity contribution < 1.29 is 14.6 Å². The summed E-state index contributed by atoms with van der Waals surface area (Å²) in [4.78, 5) is 4.55. The van der Waals surface area contributed by atoms with Crippen LogP contribution in [0.1, 0.15) is 18.7 Å². The summed E-state index contributed by atoms with van der Waals surface area (Å²) in [6.45, 7) is 2.03. The van der Waals surface area contributed by atoms with Gasteiger partial charge in [-0.1, -0.05) is 34.6 Å². The van der Waals surface area contributed by atoms with Crippen LogP contribution < -0.4 is 14.8 Å². The Morgan fingerprint density at radius 3 is 2.86 bits per heavy atom. The molecule has 0 fully saturated rings. The van der Waals surface area contributed by atoms with Gasteiger partial charge in [-0.15, -0.1) is 10.2 Å². The van der Waals surface area contributed by atoms with E-state index in [2.05, 4.69) is 36.4 Å². The van der Waals surface area contributed by atoms with E-state index in [1.165, 1.54) is 18.9 Å². The Labute approximate surface area is 174 Å². The van der Waals surface area contributed by atoms with Crippen LogP contribution in [0.4, 0.5) is 5.69 Å². The highest BCUT2D eigenvalue weighted by molar-refractivity contribution is 9.10. The SMILES string of the molecule is CCSc1nnc2c(n1)O[C@H](c1ccc(OC)c(O)c1)Nc1ccc(Br)cc1-2. The van der Waals surface area contributed by atoms with Gasteiger partial charge in [-0.25, -0.2) is 0 Å². The van der Waals surface area contributed by atoms with Gasteiger partial charge in [0.1, 0.15) is 0 Å². The molecule has 9 heteroatoms. The number of nitrogens with one attached hydrogen (secondary N) is 1. The lowest BCUT2D eigenvalue weighted by atomic mass is 10.1. The molecule has 0 aliphatic carbocycles. The Morgan fingerprint density at radius 1 is 1.25 bits per heavy atom. The normalized spacial score (nSPS) is 14.9. The van der Waals surface area contributed by atoms with Crippen LogP contribution in [0.5, 0.6) is 17.4 Å². The first-order valence-electron chi connectivity index (χ1n) is 8.56. The molecule has 7 nitrogen and oxygen atoms in total. The molecule has 2 heterocycles. The van der Waals surface area contributed by atoms with Gasteiger partial charge in [0.05, 0.1) is 7.11 Å². The van der Waals surface area contributed by atoms with Gasteiger partial charge in [-0.05, 0) is 42.2 Å². The zero-order valence-corrected chi connectivity index (χ0v) is 17.5. The molecule has 0 unspecified atom stereocenters. The maximum absolute atomic E-state index is 10.2. The summed E-state index contributed by atoms with van der Waals surface area (Å²) >= 11 is 5.00. The van der Waals surface area contributed by atoms with E-state index in [9.17, 15) is 5.11 Å². The summed E-state index contributed by atoms with van der Waals surface area (Å²) in [6.07, 6.45) is -0.575. The van der Waals surface area contributed by atoms with Crippen molar-refractivity contribution in [3.8, 4) is 28.6 Å². The molecular formula is C19H17BrN4O3S. The number of ether oxygens (including phenoxy) is 2. The fourth-order valence-corrected chi connectivity index (χ4v) is 3.75. The number of aromatic nitrogens is 3. The van der Waals surface area contributed by atoms with E-state index in [1.807, 2.05) is 31.2 Å². The minimum absolute atomic E-state index is 0.0361. The first-order valence-corrected chi connectivity index (χ1v) is 10.3. The van der Waals surface area contributed by atoms with Gasteiger partial charge in [0, 0.05) is 21.3 Å². The number of phenols is 1. The van der Waals surface area contributed by atoms with Gasteiger partial charge in [0.15, 0.2) is 23.4 Å². The summed E-state index contributed by atoms with van der Waals surface area (Å²) < 4.78 is 12.2. The van der Waals surface area contributed by atoms with Gasteiger partial charge in [0.25, 0.3) is 0 Å². The molecule has 1 aliphatic heterocycles. The van der Waals surface area contributed by atoms with Crippen LogP contribution in [0.25, 0.3) is 11.3 Å². The molecule has 0 radical (unpaired) electrons. The lowest BCUT2D eigenvalue weighted by Gasteiger charge is -2.20. The fraction of sp³-hybridized carbons (Fsp3) is 0.211. The predicted octanol–water partition coefficient (Wildman–Crippen LogP) is 4.63. The molecule has 0 saturated carbocycles. The zero-order valence-electron chi connectivity index (χ0n) is 15.1. The number of anilines is 1. The Hall–Kier alpha value is -2.52. The second kappa shape index (κ2) is 7.84. The average molecular weight is 461 g/mol. The number of methoxy groups -OCH3 is 1. The molecule has 0 saturated heterocycles. The highest BCUT2D eigenvalue weighted by atomic mass is 79.9. The molecule has 144 valence electrons. The smallest absolute Gasteiger partial charge is 0.247 e. The van der Waals surface area contributed by atoms with E-state index >= 15 is 0 Å². The van der Waals surface area contributed by atoms with Gasteiger partial charge < -0.3 is 19.9 Å². The number of fused-ring (bicyclic) bond motifs is 3. The van der Waals surface area contributed by atoms with Crippen molar-refractivity contribution in [2.45, 2.75) is 18.3 Å². The van der Waals surface area contributed by atoms with Crippen LogP contribution in [-0.2, 0) is 0 Å². The summed E-state index contributed by atoms with van der Waals surface area (Å²) in [5.41, 5.74) is 2.94. The van der Waals surface area contributed by atoms with Crippen LogP contribution in [0.2, 0.25) is 0 Å². The van der Waals surface area contributed by atoms with Crippen molar-refractivity contribution in [2.75, 3.05) is 18.2 Å². The second-order valence-corrected chi connectivity index (χ2v) is 8.09. The standard InChI is InChI=1S/C19H17BrN4O3S/c1-3-28-19-22-18-16(23-24-19)12-9-11(20)5-6-13(12)21-17(27-18)10-4-7-15(26-2)14(25)8-10/h4-9,17,21,25H,3H2,1-2H3/t17-/m1/s1. The number of rotatable bonds is 4. The van der Waals surface area contributed by atoms with E-state index in [1.54, 1.807) is 12.1 Å². The predicted molar refractivity (Wildman–Crippen MR) is 111 cm³/mol. The Balaban J connectivity index is 1.83. The second-order valence-electron chi connectivity index (χ2n) is 5.94. The number of aromatic hydroxyl groups is 1. The first kappa shape index (κ1) is 18.8. The van der Waals surface area contributed by atoms with Gasteiger partial charge >= 0.3 is 0 Å². The Bertz CT molecular complexity index is 1030. The van der Waals surface area contributed by atoms with Gasteiger partial charge in [-0.2, -0.15) is 4.98 Å². The topological polar surface area (TPSA) is 89.4 Å². The Kier molecular flexibility index (Phi) is 5.27. The van der Waals surface area contributed by atoms with Crippen LogP contribution >= 0.6 is 27.7 Å². The molecule has 0 amide bonds. The third-order valence-corrected chi connectivity index (χ3v) is 5.38. The zero-order chi connectivity index (χ0) is 19.7. The van der Waals surface area contributed by atoms with Crippen molar-refractivity contribution in [2.24, 2.45) is 0 Å². The van der Waals surface area contributed by atoms with Crippen molar-refractivity contribution in [1.82, 2.24) is 15.2 Å². The third-order valence-electron chi connectivity index (χ3n) is 4.17. The van der Waals surface area contributed by atoms with Gasteiger partial charge in [-0.3, -0.25) is 0 Å². The number of halogens is 1. The molecular weight excluding hydrogens is 444 g/mol. The summed E-state index contributed by atoms with van der Waals surface area (Å²) in [6, 6.07) is 10.9. The highest BCUT2D eigenvalue weighted by Gasteiger charge is 2.27. The molecule has 2 aromatic carbocycles. The fourth-order valence-electron chi connectivity index (χ4n) is 2.88. The van der Waals surface area contributed by atoms with E-state index in [0.717, 1.165) is 27.0 Å². The van der Waals surface area contributed by atoms with Crippen LogP contribution in [0.3, 0.4) is 0 Å². The third kappa shape index (κ3) is 3.59. The maximum Gasteiger partial charge on any atom is 0.247 e. The number of hydrogen-bond acceptors (Lipinski definition) is 8. The summed E-state index contributed by atoms with van der Waals surface area (Å²) in [7, 11) is 1.51. The lowest BCUT2D eigenvalue weighted by Crippen LogP contribution is -2.17. The largest absolute Gasteiger partial charge is 0.504 e. The molecule has 28 heavy (non-hydrogen) atoms. The molecule has 1 aromatic heterocycles. The number of thioether (sulfide) groups is 1. The van der Waals surface area contributed by atoms with E-state index in [4.69, 9.17) is 9.47 Å². The van der Waals surface area contributed by atoms with Crippen molar-refractivity contribution >= 4 is 33.4 Å². The molecule has 4 rings (SSSR count). The molecule has 1 aliphatic rings. The average Bonchev–Trinajstić information content (AvgIpc) is 2.84. The molecule has 3 aromatic rings. The van der Waals surface area contributed by atoms with Crippen molar-refractivity contribution in [3.63, 3.8) is 0 Å². The van der Waals surface area contributed by atoms with E-state index in [0.29, 0.717) is 22.5 Å². The Morgan fingerprint density at radius 2 is 2.11 bits per heavy atom. The molecule has 1 atom stereocenters. The van der Waals surface area contributed by atoms with Crippen molar-refractivity contribution in [1.29, 1.82) is 0 Å². The number of phenolic OH excluding ortho intramolecular Hbond substituents is 1. The van der Waals surface area contributed by atoms with Crippen LogP contribution in [0.15, 0.2) is 46.0 Å². The molecule has 0 bridgehead atoms. The summed E-state index contributed by atoms with van der Waals surface area (Å²) in [5, 5.41) is 22.7. The van der Waals surface area contributed by atoms with E-state index < -0.39 is 6.23 Å². The van der Waals surface area contributed by atoms with Gasteiger partial charge in [0.2, 0.25) is 11.0 Å². The van der Waals surface area contributed by atoms with Crippen LogP contribution in [-0.4, -0.2) is 33.2 Å². The minimum atomic E-state index is -0.575. The molecule has 2 N–H and O–H groups in total. The number of benzene rings is 2. The van der Waals surface area contributed by atoms with E-state index in [-0.39, 0.29) is 5.75 Å². The number of hydrogen-bond donors (Lipinski definition) is 2. The quantitative estimate of drug-likeness (QED) is 0.544. The molecule has 0 spiro atoms. The first-order chi connectivity index (χ1) is 13.6. The van der Waals surface area contributed by atoms with Crippen LogP contribution in [0, 0.1) is 0 Å². The van der Waals surface area contributed by atoms with Crippen molar-refractivity contribution in [3.05, 3.63) is 46.4 Å². The minimum Gasteiger partial charge on any atom is -0.504 e. The maximum atomic E-state index is 10.2. The lowest BCUT2D eigenvalue weighted by molar-refractivity contribution is 0.224.